The molecule has 1 aromatic heterocycles. The lowest BCUT2D eigenvalue weighted by molar-refractivity contribution is -0.385. The fourth-order valence-corrected chi connectivity index (χ4v) is 4.09. The zero-order valence-corrected chi connectivity index (χ0v) is 18.5. The fraction of sp³-hybridized carbons (Fsp3) is 0.130. The van der Waals surface area contributed by atoms with Gasteiger partial charge in [-0.2, -0.15) is 0 Å². The summed E-state index contributed by atoms with van der Waals surface area (Å²) in [6, 6.07) is 18.7. The van der Waals surface area contributed by atoms with Crippen LogP contribution in [0.1, 0.15) is 21.5 Å². The zero-order valence-electron chi connectivity index (χ0n) is 17.6. The van der Waals surface area contributed by atoms with Crippen molar-refractivity contribution in [1.29, 1.82) is 0 Å². The summed E-state index contributed by atoms with van der Waals surface area (Å²) >= 11 is 0. The summed E-state index contributed by atoms with van der Waals surface area (Å²) in [6.07, 6.45) is 2.73. The molecule has 0 saturated heterocycles. The standard InChI is InChI=1S/C23H20N4O5S/c1-33(31,32)20-11-18(10-19(12-20)27(29)30)23(28)24-13-16-6-8-17(9-7-16)14-26-15-25-21-4-2-3-5-22(21)26/h2-12,15H,13-14H2,1H3,(H,24,28). The van der Waals surface area contributed by atoms with Gasteiger partial charge in [0, 0.05) is 37.0 Å². The predicted molar refractivity (Wildman–Crippen MR) is 123 cm³/mol. The van der Waals surface area contributed by atoms with E-state index in [1.165, 1.54) is 0 Å². The lowest BCUT2D eigenvalue weighted by atomic mass is 10.1. The molecule has 0 unspecified atom stereocenters. The normalized spacial score (nSPS) is 11.4. The molecule has 168 valence electrons. The molecule has 4 aromatic rings. The van der Waals surface area contributed by atoms with Crippen LogP contribution in [0.3, 0.4) is 0 Å². The zero-order chi connectivity index (χ0) is 23.6. The Bertz CT molecular complexity index is 1460. The van der Waals surface area contributed by atoms with Gasteiger partial charge >= 0.3 is 0 Å². The molecule has 0 bridgehead atoms. The van der Waals surface area contributed by atoms with E-state index in [1.807, 2.05) is 53.1 Å². The lowest BCUT2D eigenvalue weighted by Crippen LogP contribution is -2.23. The Balaban J connectivity index is 1.45. The van der Waals surface area contributed by atoms with Crippen molar-refractivity contribution < 1.29 is 18.1 Å². The molecule has 0 aliphatic heterocycles. The molecule has 1 heterocycles. The van der Waals surface area contributed by atoms with Gasteiger partial charge in [-0.05, 0) is 29.3 Å². The predicted octanol–water partition coefficient (Wildman–Crippen LogP) is 3.33. The number of hydrogen-bond acceptors (Lipinski definition) is 6. The molecule has 0 aliphatic rings. The van der Waals surface area contributed by atoms with Gasteiger partial charge in [0.1, 0.15) is 0 Å². The molecule has 0 atom stereocenters. The van der Waals surface area contributed by atoms with Crippen molar-refractivity contribution in [3.63, 3.8) is 0 Å². The molecular weight excluding hydrogens is 444 g/mol. The minimum atomic E-state index is -3.71. The maximum atomic E-state index is 12.5. The highest BCUT2D eigenvalue weighted by Crippen LogP contribution is 2.21. The summed E-state index contributed by atoms with van der Waals surface area (Å²) in [7, 11) is -3.71. The Hall–Kier alpha value is -4.05. The number of nitrogens with zero attached hydrogens (tertiary/aromatic N) is 3. The van der Waals surface area contributed by atoms with Crippen molar-refractivity contribution in [2.45, 2.75) is 18.0 Å². The fourth-order valence-electron chi connectivity index (χ4n) is 3.41. The number of fused-ring (bicyclic) bond motifs is 1. The Morgan fingerprint density at radius 1 is 1.06 bits per heavy atom. The number of nitro groups is 1. The highest BCUT2D eigenvalue weighted by Gasteiger charge is 2.19. The van der Waals surface area contributed by atoms with Crippen LogP contribution in [0.5, 0.6) is 0 Å². The van der Waals surface area contributed by atoms with Crippen LogP contribution in [0.2, 0.25) is 0 Å². The molecule has 0 fully saturated rings. The van der Waals surface area contributed by atoms with Crippen LogP contribution >= 0.6 is 0 Å². The topological polar surface area (TPSA) is 124 Å². The summed E-state index contributed by atoms with van der Waals surface area (Å²) < 4.78 is 25.7. The molecule has 4 rings (SSSR count). The van der Waals surface area contributed by atoms with Crippen molar-refractivity contribution in [3.8, 4) is 0 Å². The summed E-state index contributed by atoms with van der Waals surface area (Å²) in [5.41, 5.74) is 3.31. The number of benzene rings is 3. The van der Waals surface area contributed by atoms with E-state index in [2.05, 4.69) is 10.3 Å². The first-order chi connectivity index (χ1) is 15.7. The smallest absolute Gasteiger partial charge is 0.271 e. The van der Waals surface area contributed by atoms with E-state index in [-0.39, 0.29) is 17.0 Å². The summed E-state index contributed by atoms with van der Waals surface area (Å²) in [6.45, 7) is 0.832. The van der Waals surface area contributed by atoms with Crippen molar-refractivity contribution in [3.05, 3.63) is 99.9 Å². The Labute approximate surface area is 189 Å². The van der Waals surface area contributed by atoms with Crippen LogP contribution in [0, 0.1) is 10.1 Å². The van der Waals surface area contributed by atoms with Crippen molar-refractivity contribution in [2.24, 2.45) is 0 Å². The number of hydrogen-bond donors (Lipinski definition) is 1. The van der Waals surface area contributed by atoms with Crippen LogP contribution in [-0.2, 0) is 22.9 Å². The lowest BCUT2D eigenvalue weighted by Gasteiger charge is -2.09. The third-order valence-electron chi connectivity index (χ3n) is 5.15. The first-order valence-corrected chi connectivity index (χ1v) is 11.9. The van der Waals surface area contributed by atoms with E-state index in [0.29, 0.717) is 6.54 Å². The molecular formula is C23H20N4O5S. The van der Waals surface area contributed by atoms with Gasteiger partial charge in [-0.1, -0.05) is 36.4 Å². The van der Waals surface area contributed by atoms with E-state index < -0.39 is 26.4 Å². The van der Waals surface area contributed by atoms with E-state index >= 15 is 0 Å². The molecule has 9 nitrogen and oxygen atoms in total. The summed E-state index contributed by atoms with van der Waals surface area (Å²) in [5.74, 6) is -0.599. The molecule has 0 saturated carbocycles. The molecule has 10 heteroatoms. The van der Waals surface area contributed by atoms with Gasteiger partial charge in [0.05, 0.1) is 27.2 Å². The first-order valence-electron chi connectivity index (χ1n) is 9.96. The molecule has 1 N–H and O–H groups in total. The Kier molecular flexibility index (Phi) is 5.93. The van der Waals surface area contributed by atoms with Gasteiger partial charge in [-0.3, -0.25) is 14.9 Å². The van der Waals surface area contributed by atoms with Gasteiger partial charge in [-0.25, -0.2) is 13.4 Å². The number of amides is 1. The number of rotatable bonds is 7. The van der Waals surface area contributed by atoms with Crippen LogP contribution in [0.4, 0.5) is 5.69 Å². The number of carbonyl (C=O) groups excluding carboxylic acids is 1. The quantitative estimate of drug-likeness (QED) is 0.330. The number of aromatic nitrogens is 2. The number of para-hydroxylation sites is 2. The van der Waals surface area contributed by atoms with Gasteiger partial charge in [0.25, 0.3) is 11.6 Å². The Morgan fingerprint density at radius 2 is 1.76 bits per heavy atom. The third kappa shape index (κ3) is 5.07. The average molecular weight is 465 g/mol. The van der Waals surface area contributed by atoms with Crippen molar-refractivity contribution in [1.82, 2.24) is 14.9 Å². The van der Waals surface area contributed by atoms with Crippen molar-refractivity contribution in [2.75, 3.05) is 6.26 Å². The third-order valence-corrected chi connectivity index (χ3v) is 6.24. The monoisotopic (exact) mass is 464 g/mol. The van der Waals surface area contributed by atoms with Crippen molar-refractivity contribution >= 4 is 32.5 Å². The maximum Gasteiger partial charge on any atom is 0.271 e. The molecule has 3 aromatic carbocycles. The highest BCUT2D eigenvalue weighted by atomic mass is 32.2. The van der Waals surface area contributed by atoms with E-state index in [0.717, 1.165) is 46.6 Å². The van der Waals surface area contributed by atoms with Gasteiger partial charge in [0.15, 0.2) is 9.84 Å². The first kappa shape index (κ1) is 22.2. The highest BCUT2D eigenvalue weighted by molar-refractivity contribution is 7.90. The van der Waals surface area contributed by atoms with Gasteiger partial charge < -0.3 is 9.88 Å². The molecule has 0 spiro atoms. The van der Waals surface area contributed by atoms with Gasteiger partial charge in [0.2, 0.25) is 0 Å². The molecule has 33 heavy (non-hydrogen) atoms. The van der Waals surface area contributed by atoms with E-state index in [1.54, 1.807) is 6.33 Å². The molecule has 1 amide bonds. The number of sulfone groups is 1. The minimum absolute atomic E-state index is 0.0896. The minimum Gasteiger partial charge on any atom is -0.348 e. The van der Waals surface area contributed by atoms with Crippen LogP contribution in [-0.4, -0.2) is 35.1 Å². The second-order valence-electron chi connectivity index (χ2n) is 7.61. The maximum absolute atomic E-state index is 12.5. The summed E-state index contributed by atoms with van der Waals surface area (Å²) in [4.78, 5) is 27.0. The second kappa shape index (κ2) is 8.83. The van der Waals surface area contributed by atoms with E-state index in [4.69, 9.17) is 0 Å². The van der Waals surface area contributed by atoms with E-state index in [9.17, 15) is 23.3 Å². The number of carbonyl (C=O) groups is 1. The Morgan fingerprint density at radius 3 is 2.45 bits per heavy atom. The SMILES string of the molecule is CS(=O)(=O)c1cc(C(=O)NCc2ccc(Cn3cnc4ccccc43)cc2)cc([N+](=O)[O-])c1. The number of imidazole rings is 1. The number of nitro benzene ring substituents is 1. The van der Waals surface area contributed by atoms with Gasteiger partial charge in [-0.15, -0.1) is 0 Å². The second-order valence-corrected chi connectivity index (χ2v) is 9.62. The van der Waals surface area contributed by atoms with Crippen LogP contribution < -0.4 is 5.32 Å². The van der Waals surface area contributed by atoms with Crippen LogP contribution in [0.15, 0.2) is 78.0 Å². The number of nitrogens with one attached hydrogen (secondary N) is 1. The largest absolute Gasteiger partial charge is 0.348 e. The molecule has 0 radical (unpaired) electrons. The van der Waals surface area contributed by atoms with Crippen LogP contribution in [0.25, 0.3) is 11.0 Å². The molecule has 0 aliphatic carbocycles. The summed E-state index contributed by atoms with van der Waals surface area (Å²) in [5, 5.41) is 13.8. The average Bonchev–Trinajstić information content (AvgIpc) is 3.20. The number of non-ortho nitro benzene ring substituents is 1.